The van der Waals surface area contributed by atoms with E-state index in [1.54, 1.807) is 0 Å². The first-order chi connectivity index (χ1) is 10.8. The van der Waals surface area contributed by atoms with E-state index < -0.39 is 0 Å². The van der Waals surface area contributed by atoms with Gasteiger partial charge in [-0.3, -0.25) is 9.69 Å². The van der Waals surface area contributed by atoms with Crippen LogP contribution in [0.4, 0.5) is 0 Å². The number of ether oxygens (including phenoxy) is 1. The van der Waals surface area contributed by atoms with Gasteiger partial charge in [0.15, 0.2) is 0 Å². The predicted octanol–water partition coefficient (Wildman–Crippen LogP) is 2.03. The summed E-state index contributed by atoms with van der Waals surface area (Å²) < 4.78 is 5.31. The molecule has 2 fully saturated rings. The van der Waals surface area contributed by atoms with Gasteiger partial charge in [-0.15, -0.1) is 0 Å². The van der Waals surface area contributed by atoms with Crippen molar-refractivity contribution in [2.24, 2.45) is 0 Å². The number of rotatable bonds is 4. The van der Waals surface area contributed by atoms with E-state index in [-0.39, 0.29) is 5.91 Å². The first kappa shape index (κ1) is 15.8. The van der Waals surface area contributed by atoms with Crippen LogP contribution < -0.4 is 0 Å². The second-order valence-electron chi connectivity index (χ2n) is 5.78. The second kappa shape index (κ2) is 7.99. The zero-order valence-corrected chi connectivity index (χ0v) is 13.8. The summed E-state index contributed by atoms with van der Waals surface area (Å²) in [5.74, 6) is 2.55. The van der Waals surface area contributed by atoms with Gasteiger partial charge in [-0.05, 0) is 5.56 Å². The van der Waals surface area contributed by atoms with Gasteiger partial charge in [-0.25, -0.2) is 0 Å². The number of nitrogens with zero attached hydrogens (tertiary/aromatic N) is 2. The molecule has 2 aliphatic rings. The number of carbonyl (C=O) groups excluding carboxylic acids is 1. The van der Waals surface area contributed by atoms with E-state index in [9.17, 15) is 4.79 Å². The lowest BCUT2D eigenvalue weighted by atomic mass is 10.1. The Morgan fingerprint density at radius 3 is 2.73 bits per heavy atom. The average Bonchev–Trinajstić information content (AvgIpc) is 2.61. The lowest BCUT2D eigenvalue weighted by Gasteiger charge is -2.36. The Hall–Kier alpha value is -1.04. The number of amides is 1. The van der Waals surface area contributed by atoms with Crippen LogP contribution in [0.1, 0.15) is 18.0 Å². The van der Waals surface area contributed by atoms with Crippen molar-refractivity contribution < 1.29 is 9.53 Å². The van der Waals surface area contributed by atoms with Gasteiger partial charge >= 0.3 is 0 Å². The quantitative estimate of drug-likeness (QED) is 0.850. The minimum atomic E-state index is 0.272. The molecule has 120 valence electrons. The summed E-state index contributed by atoms with van der Waals surface area (Å²) >= 11 is 2.01. The highest BCUT2D eigenvalue weighted by Gasteiger charge is 2.25. The van der Waals surface area contributed by atoms with Crippen molar-refractivity contribution >= 4 is 17.7 Å². The summed E-state index contributed by atoms with van der Waals surface area (Å²) in [6, 6.07) is 11.1. The van der Waals surface area contributed by atoms with Gasteiger partial charge in [-0.2, -0.15) is 11.8 Å². The maximum absolute atomic E-state index is 12.3. The molecule has 0 saturated carbocycles. The third kappa shape index (κ3) is 4.03. The number of carbonyl (C=O) groups is 1. The van der Waals surface area contributed by atoms with Gasteiger partial charge in [0.05, 0.1) is 13.2 Å². The van der Waals surface area contributed by atoms with E-state index in [0.29, 0.717) is 25.7 Å². The van der Waals surface area contributed by atoms with E-state index in [0.717, 1.165) is 37.7 Å². The molecule has 5 heteroatoms. The number of thioether (sulfide) groups is 1. The number of benzene rings is 1. The zero-order chi connectivity index (χ0) is 15.2. The number of morpholine rings is 1. The molecule has 1 amide bonds. The minimum Gasteiger partial charge on any atom is -0.378 e. The fourth-order valence-electron chi connectivity index (χ4n) is 3.10. The summed E-state index contributed by atoms with van der Waals surface area (Å²) in [7, 11) is 0. The summed E-state index contributed by atoms with van der Waals surface area (Å²) in [5, 5.41) is 0. The molecule has 0 aromatic heterocycles. The molecule has 1 aromatic carbocycles. The molecule has 3 rings (SSSR count). The van der Waals surface area contributed by atoms with E-state index in [1.807, 2.05) is 16.7 Å². The van der Waals surface area contributed by atoms with Crippen molar-refractivity contribution in [3.05, 3.63) is 35.9 Å². The van der Waals surface area contributed by atoms with Crippen molar-refractivity contribution in [2.45, 2.75) is 12.5 Å². The third-order valence-electron chi connectivity index (χ3n) is 4.40. The van der Waals surface area contributed by atoms with E-state index in [2.05, 4.69) is 35.2 Å². The van der Waals surface area contributed by atoms with Crippen LogP contribution >= 0.6 is 11.8 Å². The highest BCUT2D eigenvalue weighted by atomic mass is 32.2. The van der Waals surface area contributed by atoms with Gasteiger partial charge in [0.2, 0.25) is 5.91 Å². The van der Waals surface area contributed by atoms with Crippen molar-refractivity contribution in [3.63, 3.8) is 0 Å². The molecule has 0 unspecified atom stereocenters. The Balaban J connectivity index is 1.56. The van der Waals surface area contributed by atoms with Crippen LogP contribution in [-0.2, 0) is 9.53 Å². The Kier molecular flexibility index (Phi) is 5.76. The standard InChI is InChI=1S/C17H24N2O2S/c20-17(19-8-11-21-12-9-19)6-7-18-10-13-22-14-16(18)15-4-2-1-3-5-15/h1-5,16H,6-14H2/t16-/m1/s1. The van der Waals surface area contributed by atoms with Crippen LogP contribution in [0.2, 0.25) is 0 Å². The zero-order valence-electron chi connectivity index (χ0n) is 12.9. The molecule has 1 atom stereocenters. The molecule has 1 aromatic rings. The van der Waals surface area contributed by atoms with Crippen LogP contribution in [0.25, 0.3) is 0 Å². The molecule has 0 radical (unpaired) electrons. The highest BCUT2D eigenvalue weighted by Crippen LogP contribution is 2.29. The predicted molar refractivity (Wildman–Crippen MR) is 90.1 cm³/mol. The average molecular weight is 320 g/mol. The number of hydrogen-bond acceptors (Lipinski definition) is 4. The van der Waals surface area contributed by atoms with Crippen LogP contribution in [0.3, 0.4) is 0 Å². The van der Waals surface area contributed by atoms with Crippen molar-refractivity contribution in [1.29, 1.82) is 0 Å². The Morgan fingerprint density at radius 2 is 1.95 bits per heavy atom. The molecule has 0 spiro atoms. The topological polar surface area (TPSA) is 32.8 Å². The van der Waals surface area contributed by atoms with E-state index >= 15 is 0 Å². The lowest BCUT2D eigenvalue weighted by Crippen LogP contribution is -2.43. The molecule has 2 heterocycles. The maximum Gasteiger partial charge on any atom is 0.224 e. The molecular formula is C17H24N2O2S. The summed E-state index contributed by atoms with van der Waals surface area (Å²) in [6.45, 7) is 4.78. The van der Waals surface area contributed by atoms with Gasteiger partial charge < -0.3 is 9.64 Å². The Labute approximate surface area is 136 Å². The van der Waals surface area contributed by atoms with Gasteiger partial charge in [0.25, 0.3) is 0 Å². The third-order valence-corrected chi connectivity index (χ3v) is 5.42. The summed E-state index contributed by atoms with van der Waals surface area (Å²) in [4.78, 5) is 16.7. The SMILES string of the molecule is O=C(CCN1CCSC[C@@H]1c1ccccc1)N1CCOCC1. The lowest BCUT2D eigenvalue weighted by molar-refractivity contribution is -0.135. The molecule has 22 heavy (non-hydrogen) atoms. The molecular weight excluding hydrogens is 296 g/mol. The number of hydrogen-bond donors (Lipinski definition) is 0. The fraction of sp³-hybridized carbons (Fsp3) is 0.588. The van der Waals surface area contributed by atoms with Gasteiger partial charge in [0.1, 0.15) is 0 Å². The molecule has 4 nitrogen and oxygen atoms in total. The second-order valence-corrected chi connectivity index (χ2v) is 6.93. The molecule has 2 saturated heterocycles. The smallest absolute Gasteiger partial charge is 0.224 e. The van der Waals surface area contributed by atoms with Crippen LogP contribution in [0.5, 0.6) is 0 Å². The van der Waals surface area contributed by atoms with Crippen LogP contribution in [-0.4, -0.2) is 66.6 Å². The normalized spacial score (nSPS) is 23.5. The molecule has 0 aliphatic carbocycles. The largest absolute Gasteiger partial charge is 0.378 e. The molecule has 0 bridgehead atoms. The monoisotopic (exact) mass is 320 g/mol. The summed E-state index contributed by atoms with van der Waals surface area (Å²) in [6.07, 6.45) is 0.619. The van der Waals surface area contributed by atoms with E-state index in [1.165, 1.54) is 5.56 Å². The fourth-order valence-corrected chi connectivity index (χ4v) is 4.25. The first-order valence-corrected chi connectivity index (χ1v) is 9.22. The van der Waals surface area contributed by atoms with Crippen LogP contribution in [0.15, 0.2) is 30.3 Å². The Bertz CT molecular complexity index is 477. The van der Waals surface area contributed by atoms with Gasteiger partial charge in [-0.1, -0.05) is 30.3 Å². The molecule has 0 N–H and O–H groups in total. The highest BCUT2D eigenvalue weighted by molar-refractivity contribution is 7.99. The van der Waals surface area contributed by atoms with Crippen molar-refractivity contribution in [3.8, 4) is 0 Å². The summed E-state index contributed by atoms with van der Waals surface area (Å²) in [5.41, 5.74) is 1.37. The maximum atomic E-state index is 12.3. The van der Waals surface area contributed by atoms with Gasteiger partial charge in [0, 0.05) is 50.1 Å². The van der Waals surface area contributed by atoms with Crippen molar-refractivity contribution in [1.82, 2.24) is 9.80 Å². The van der Waals surface area contributed by atoms with E-state index in [4.69, 9.17) is 4.74 Å². The minimum absolute atomic E-state index is 0.272. The molecule has 2 aliphatic heterocycles. The first-order valence-electron chi connectivity index (χ1n) is 8.07. The Morgan fingerprint density at radius 1 is 1.18 bits per heavy atom. The van der Waals surface area contributed by atoms with Crippen molar-refractivity contribution in [2.75, 3.05) is 50.9 Å². The van der Waals surface area contributed by atoms with Crippen LogP contribution in [0, 0.1) is 0 Å².